The van der Waals surface area contributed by atoms with Crippen molar-refractivity contribution in [2.24, 2.45) is 0 Å². The molecule has 0 spiro atoms. The molecular weight excluding hydrogens is 265 g/mol. The van der Waals surface area contributed by atoms with Crippen molar-refractivity contribution < 1.29 is 4.39 Å². The van der Waals surface area contributed by atoms with E-state index in [0.29, 0.717) is 5.56 Å². The molecule has 1 aromatic heterocycles. The average Bonchev–Trinajstić information content (AvgIpc) is 2.85. The first-order chi connectivity index (χ1) is 10.2. The summed E-state index contributed by atoms with van der Waals surface area (Å²) in [5, 5.41) is 9.90. The number of nitrogens with zero attached hydrogens (tertiary/aromatic N) is 2. The highest BCUT2D eigenvalue weighted by Crippen LogP contribution is 2.28. The predicted molar refractivity (Wildman–Crippen MR) is 81.6 cm³/mol. The fourth-order valence-electron chi connectivity index (χ4n) is 2.38. The highest BCUT2D eigenvalue weighted by molar-refractivity contribution is 5.88. The van der Waals surface area contributed by atoms with Crippen LogP contribution in [-0.2, 0) is 0 Å². The molecule has 0 saturated carbocycles. The van der Waals surface area contributed by atoms with Crippen LogP contribution < -0.4 is 5.43 Å². The standard InChI is InChI=1S/C17H12FN3/c1-2-20-21-16-7-6-12(11-19)8-14(16)10-17(21)13-4-3-5-15(18)9-13/h2-10,20H,1H2. The fraction of sp³-hybridized carbons (Fsp3) is 0. The van der Waals surface area contributed by atoms with Gasteiger partial charge in [0, 0.05) is 17.1 Å². The van der Waals surface area contributed by atoms with Crippen LogP contribution in [0.15, 0.2) is 61.3 Å². The van der Waals surface area contributed by atoms with Gasteiger partial charge in [0.15, 0.2) is 0 Å². The summed E-state index contributed by atoms with van der Waals surface area (Å²) >= 11 is 0. The molecule has 1 heterocycles. The van der Waals surface area contributed by atoms with Crippen LogP contribution in [0.1, 0.15) is 5.56 Å². The van der Waals surface area contributed by atoms with Gasteiger partial charge in [-0.3, -0.25) is 4.68 Å². The molecular formula is C17H12FN3. The average molecular weight is 277 g/mol. The van der Waals surface area contributed by atoms with E-state index in [1.807, 2.05) is 22.9 Å². The molecule has 0 fully saturated rings. The Bertz CT molecular complexity index is 871. The molecule has 0 amide bonds. The van der Waals surface area contributed by atoms with Gasteiger partial charge in [-0.25, -0.2) is 4.39 Å². The second-order valence-electron chi connectivity index (χ2n) is 4.59. The van der Waals surface area contributed by atoms with Gasteiger partial charge in [-0.1, -0.05) is 18.7 Å². The Kier molecular flexibility index (Phi) is 3.17. The van der Waals surface area contributed by atoms with E-state index >= 15 is 0 Å². The largest absolute Gasteiger partial charge is 0.302 e. The van der Waals surface area contributed by atoms with Crippen LogP contribution in [0.4, 0.5) is 4.39 Å². The van der Waals surface area contributed by atoms with Gasteiger partial charge in [0.25, 0.3) is 0 Å². The third kappa shape index (κ3) is 2.26. The maximum atomic E-state index is 13.5. The van der Waals surface area contributed by atoms with Gasteiger partial charge in [-0.2, -0.15) is 5.26 Å². The van der Waals surface area contributed by atoms with Gasteiger partial charge < -0.3 is 5.43 Å². The molecule has 4 heteroatoms. The van der Waals surface area contributed by atoms with Crippen LogP contribution >= 0.6 is 0 Å². The Balaban J connectivity index is 2.28. The zero-order valence-electron chi connectivity index (χ0n) is 11.2. The monoisotopic (exact) mass is 277 g/mol. The molecule has 0 aliphatic carbocycles. The predicted octanol–water partition coefficient (Wildman–Crippen LogP) is 4.01. The lowest BCUT2D eigenvalue weighted by Crippen LogP contribution is -2.08. The van der Waals surface area contributed by atoms with Crippen LogP contribution in [0.3, 0.4) is 0 Å². The summed E-state index contributed by atoms with van der Waals surface area (Å²) in [4.78, 5) is 0. The number of hydrogen-bond acceptors (Lipinski definition) is 2. The summed E-state index contributed by atoms with van der Waals surface area (Å²) in [5.74, 6) is -0.291. The number of aromatic nitrogens is 1. The lowest BCUT2D eigenvalue weighted by atomic mass is 10.1. The molecule has 3 aromatic rings. The number of fused-ring (bicyclic) bond motifs is 1. The normalized spacial score (nSPS) is 10.3. The van der Waals surface area contributed by atoms with Crippen molar-refractivity contribution in [2.45, 2.75) is 0 Å². The van der Waals surface area contributed by atoms with E-state index in [1.54, 1.807) is 24.4 Å². The van der Waals surface area contributed by atoms with Crippen LogP contribution in [-0.4, -0.2) is 4.68 Å². The summed E-state index contributed by atoms with van der Waals surface area (Å²) in [6.07, 6.45) is 1.56. The lowest BCUT2D eigenvalue weighted by molar-refractivity contribution is 0.628. The lowest BCUT2D eigenvalue weighted by Gasteiger charge is -2.10. The van der Waals surface area contributed by atoms with Crippen LogP contribution in [0.25, 0.3) is 22.2 Å². The van der Waals surface area contributed by atoms with Crippen molar-refractivity contribution in [3.8, 4) is 17.3 Å². The van der Waals surface area contributed by atoms with E-state index in [0.717, 1.165) is 22.2 Å². The van der Waals surface area contributed by atoms with Crippen LogP contribution in [0.2, 0.25) is 0 Å². The Hall–Kier alpha value is -3.06. The Morgan fingerprint density at radius 3 is 2.76 bits per heavy atom. The van der Waals surface area contributed by atoms with E-state index in [1.165, 1.54) is 12.1 Å². The SMILES string of the molecule is C=CNn1c(-c2cccc(F)c2)cc2cc(C#N)ccc21. The van der Waals surface area contributed by atoms with Crippen LogP contribution in [0, 0.1) is 17.1 Å². The van der Waals surface area contributed by atoms with E-state index in [4.69, 9.17) is 5.26 Å². The Labute approximate surface area is 121 Å². The van der Waals surface area contributed by atoms with Gasteiger partial charge in [-0.15, -0.1) is 0 Å². The highest BCUT2D eigenvalue weighted by atomic mass is 19.1. The van der Waals surface area contributed by atoms with Gasteiger partial charge in [-0.05, 0) is 36.4 Å². The summed E-state index contributed by atoms with van der Waals surface area (Å²) in [6.45, 7) is 3.67. The summed E-state index contributed by atoms with van der Waals surface area (Å²) in [5.41, 5.74) is 6.07. The molecule has 21 heavy (non-hydrogen) atoms. The summed E-state index contributed by atoms with van der Waals surface area (Å²) in [6, 6.07) is 15.8. The quantitative estimate of drug-likeness (QED) is 0.786. The Morgan fingerprint density at radius 1 is 1.19 bits per heavy atom. The number of hydrogen-bond donors (Lipinski definition) is 1. The number of nitriles is 1. The van der Waals surface area contributed by atoms with E-state index in [9.17, 15) is 4.39 Å². The first-order valence-corrected chi connectivity index (χ1v) is 6.42. The Morgan fingerprint density at radius 2 is 2.05 bits per heavy atom. The van der Waals surface area contributed by atoms with E-state index in [2.05, 4.69) is 18.1 Å². The first-order valence-electron chi connectivity index (χ1n) is 6.42. The minimum absolute atomic E-state index is 0.291. The minimum atomic E-state index is -0.291. The van der Waals surface area contributed by atoms with E-state index < -0.39 is 0 Å². The maximum Gasteiger partial charge on any atom is 0.123 e. The molecule has 1 N–H and O–H groups in total. The summed E-state index contributed by atoms with van der Waals surface area (Å²) in [7, 11) is 0. The molecule has 0 bridgehead atoms. The van der Waals surface area contributed by atoms with Crippen molar-refractivity contribution in [3.63, 3.8) is 0 Å². The fourth-order valence-corrected chi connectivity index (χ4v) is 2.38. The third-order valence-electron chi connectivity index (χ3n) is 3.27. The van der Waals surface area contributed by atoms with Gasteiger partial charge in [0.1, 0.15) is 5.82 Å². The zero-order valence-corrected chi connectivity index (χ0v) is 11.2. The van der Waals surface area contributed by atoms with Crippen molar-refractivity contribution in [3.05, 3.63) is 72.7 Å². The molecule has 3 nitrogen and oxygen atoms in total. The molecule has 3 rings (SSSR count). The minimum Gasteiger partial charge on any atom is -0.302 e. The van der Waals surface area contributed by atoms with Crippen LogP contribution in [0.5, 0.6) is 0 Å². The third-order valence-corrected chi connectivity index (χ3v) is 3.27. The van der Waals surface area contributed by atoms with Crippen molar-refractivity contribution in [1.82, 2.24) is 4.68 Å². The molecule has 0 aliphatic rings. The molecule has 0 atom stereocenters. The zero-order chi connectivity index (χ0) is 14.8. The van der Waals surface area contributed by atoms with Gasteiger partial charge in [0.05, 0.1) is 22.8 Å². The number of nitrogens with one attached hydrogen (secondary N) is 1. The molecule has 102 valence electrons. The molecule has 0 saturated heterocycles. The molecule has 0 radical (unpaired) electrons. The number of halogens is 1. The smallest absolute Gasteiger partial charge is 0.123 e. The highest BCUT2D eigenvalue weighted by Gasteiger charge is 2.11. The van der Waals surface area contributed by atoms with Crippen molar-refractivity contribution in [2.75, 3.05) is 5.43 Å². The van der Waals surface area contributed by atoms with Crippen molar-refractivity contribution in [1.29, 1.82) is 5.26 Å². The van der Waals surface area contributed by atoms with Gasteiger partial charge in [0.2, 0.25) is 0 Å². The second-order valence-corrected chi connectivity index (χ2v) is 4.59. The van der Waals surface area contributed by atoms with Gasteiger partial charge >= 0.3 is 0 Å². The molecule has 2 aromatic carbocycles. The molecule has 0 unspecified atom stereocenters. The topological polar surface area (TPSA) is 40.8 Å². The summed E-state index contributed by atoms with van der Waals surface area (Å²) < 4.78 is 15.3. The number of benzene rings is 2. The molecule has 0 aliphatic heterocycles. The number of rotatable bonds is 3. The second kappa shape index (κ2) is 5.14. The maximum absolute atomic E-state index is 13.5. The van der Waals surface area contributed by atoms with Crippen molar-refractivity contribution >= 4 is 10.9 Å². The first kappa shape index (κ1) is 12.9. The van der Waals surface area contributed by atoms with E-state index in [-0.39, 0.29) is 5.82 Å².